The van der Waals surface area contributed by atoms with E-state index in [1.54, 1.807) is 11.9 Å². The second-order valence-corrected chi connectivity index (χ2v) is 6.91. The number of rotatable bonds is 4. The maximum Gasteiger partial charge on any atom is 0.248 e. The number of nitrogens with zero attached hydrogens (tertiary/aromatic N) is 4. The largest absolute Gasteiger partial charge is 0.381 e. The molecule has 0 atom stereocenters. The Morgan fingerprint density at radius 1 is 1.45 bits per heavy atom. The first-order valence-electron chi connectivity index (χ1n) is 6.35. The zero-order chi connectivity index (χ0) is 14.9. The number of aromatic nitrogens is 2. The van der Waals surface area contributed by atoms with Gasteiger partial charge in [0.25, 0.3) is 0 Å². The van der Waals surface area contributed by atoms with E-state index in [0.717, 1.165) is 17.1 Å². The molecule has 0 aliphatic carbocycles. The summed E-state index contributed by atoms with van der Waals surface area (Å²) in [5, 5.41) is 3.81. The lowest BCUT2D eigenvalue weighted by atomic mass is 10.4. The average Bonchev–Trinajstić information content (AvgIpc) is 2.98. The predicted octanol–water partition coefficient (Wildman–Crippen LogP) is -0.755. The highest BCUT2D eigenvalue weighted by atomic mass is 32.2. The van der Waals surface area contributed by atoms with E-state index in [4.69, 9.17) is 5.73 Å². The first kappa shape index (κ1) is 14.8. The molecule has 20 heavy (non-hydrogen) atoms. The van der Waals surface area contributed by atoms with E-state index in [1.807, 2.05) is 0 Å². The van der Waals surface area contributed by atoms with Crippen LogP contribution in [0.25, 0.3) is 0 Å². The molecule has 0 bridgehead atoms. The molecule has 1 amide bonds. The molecular formula is C11H19N5O3S. The fraction of sp³-hybridized carbons (Fsp3) is 0.636. The summed E-state index contributed by atoms with van der Waals surface area (Å²) in [6, 6.07) is 0. The zero-order valence-electron chi connectivity index (χ0n) is 11.6. The van der Waals surface area contributed by atoms with Crippen molar-refractivity contribution in [2.75, 3.05) is 32.4 Å². The van der Waals surface area contributed by atoms with E-state index in [0.29, 0.717) is 13.1 Å². The molecule has 0 radical (unpaired) electrons. The van der Waals surface area contributed by atoms with Crippen LogP contribution in [-0.2, 0) is 21.9 Å². The quantitative estimate of drug-likeness (QED) is 0.788. The maximum atomic E-state index is 12.3. The van der Waals surface area contributed by atoms with E-state index >= 15 is 0 Å². The van der Waals surface area contributed by atoms with Crippen LogP contribution in [0, 0.1) is 0 Å². The number of aryl methyl sites for hydroxylation is 1. The van der Waals surface area contributed by atoms with E-state index in [-0.39, 0.29) is 23.2 Å². The summed E-state index contributed by atoms with van der Waals surface area (Å²) < 4.78 is 27.0. The third-order valence-electron chi connectivity index (χ3n) is 3.33. The molecule has 0 aromatic carbocycles. The lowest BCUT2D eigenvalue weighted by molar-refractivity contribution is -0.130. The van der Waals surface area contributed by atoms with Crippen molar-refractivity contribution in [3.63, 3.8) is 0 Å². The van der Waals surface area contributed by atoms with Crippen LogP contribution in [0.1, 0.15) is 12.8 Å². The maximum absolute atomic E-state index is 12.3. The summed E-state index contributed by atoms with van der Waals surface area (Å²) in [7, 11) is -0.837. The minimum absolute atomic E-state index is 0.0621. The number of nitrogens with two attached hydrogens (primary N) is 1. The van der Waals surface area contributed by atoms with Crippen LogP contribution in [0.4, 0.5) is 5.82 Å². The molecule has 2 heterocycles. The van der Waals surface area contributed by atoms with Crippen LogP contribution >= 0.6 is 0 Å². The number of likely N-dealkylation sites (tertiary alicyclic amines) is 1. The van der Waals surface area contributed by atoms with Gasteiger partial charge in [-0.1, -0.05) is 0 Å². The number of carbonyl (C=O) groups excluding carboxylic acids is 1. The molecule has 1 fully saturated rings. The van der Waals surface area contributed by atoms with Crippen molar-refractivity contribution in [3.8, 4) is 0 Å². The Morgan fingerprint density at radius 2 is 2.05 bits per heavy atom. The number of anilines is 1. The molecule has 1 aromatic heterocycles. The first-order valence-corrected chi connectivity index (χ1v) is 7.79. The monoisotopic (exact) mass is 301 g/mol. The number of hydrogen-bond donors (Lipinski definition) is 1. The van der Waals surface area contributed by atoms with Gasteiger partial charge in [-0.2, -0.15) is 9.40 Å². The van der Waals surface area contributed by atoms with Crippen LogP contribution in [0.3, 0.4) is 0 Å². The number of amides is 1. The summed E-state index contributed by atoms with van der Waals surface area (Å²) in [5.74, 6) is -0.246. The first-order chi connectivity index (χ1) is 9.32. The van der Waals surface area contributed by atoms with Crippen LogP contribution in [0.5, 0.6) is 0 Å². The molecule has 112 valence electrons. The van der Waals surface area contributed by atoms with Gasteiger partial charge in [0.2, 0.25) is 15.9 Å². The molecule has 8 nitrogen and oxygen atoms in total. The van der Waals surface area contributed by atoms with Crippen LogP contribution in [0.15, 0.2) is 11.1 Å². The van der Waals surface area contributed by atoms with E-state index in [9.17, 15) is 13.2 Å². The van der Waals surface area contributed by atoms with Crippen LogP contribution < -0.4 is 5.73 Å². The molecular weight excluding hydrogens is 282 g/mol. The van der Waals surface area contributed by atoms with Gasteiger partial charge in [0.15, 0.2) is 5.82 Å². The zero-order valence-corrected chi connectivity index (χ0v) is 12.4. The molecule has 9 heteroatoms. The number of hydrogen-bond acceptors (Lipinski definition) is 5. The molecule has 0 spiro atoms. The fourth-order valence-corrected chi connectivity index (χ4v) is 3.40. The van der Waals surface area contributed by atoms with Gasteiger partial charge in [-0.05, 0) is 12.8 Å². The SMILES string of the molecule is CN(CC(=O)N1CCCC1)S(=O)(=O)c1cn(C)nc1N. The van der Waals surface area contributed by atoms with Crippen LogP contribution in [-0.4, -0.2) is 60.0 Å². The lowest BCUT2D eigenvalue weighted by Gasteiger charge is -2.20. The summed E-state index contributed by atoms with van der Waals surface area (Å²) in [5.41, 5.74) is 5.59. The Hall–Kier alpha value is -1.61. The number of sulfonamides is 1. The van der Waals surface area contributed by atoms with Gasteiger partial charge in [0.05, 0.1) is 6.54 Å². The normalized spacial score (nSPS) is 16.1. The summed E-state index contributed by atoms with van der Waals surface area (Å²) in [6.45, 7) is 1.21. The van der Waals surface area contributed by atoms with Gasteiger partial charge in [-0.25, -0.2) is 8.42 Å². The Morgan fingerprint density at radius 3 is 2.55 bits per heavy atom. The molecule has 0 unspecified atom stereocenters. The average molecular weight is 301 g/mol. The van der Waals surface area contributed by atoms with Gasteiger partial charge in [-0.3, -0.25) is 9.48 Å². The Kier molecular flexibility index (Phi) is 4.00. The Bertz CT molecular complexity index is 604. The summed E-state index contributed by atoms with van der Waals surface area (Å²) >= 11 is 0. The van der Waals surface area contributed by atoms with E-state index in [1.165, 1.54) is 17.9 Å². The van der Waals surface area contributed by atoms with Crippen LogP contribution in [0.2, 0.25) is 0 Å². The second kappa shape index (κ2) is 5.41. The van der Waals surface area contributed by atoms with Crippen molar-refractivity contribution in [2.45, 2.75) is 17.7 Å². The molecule has 1 saturated heterocycles. The standard InChI is InChI=1S/C11H19N5O3S/c1-14-7-9(11(12)13-14)20(18,19)15(2)8-10(17)16-5-3-4-6-16/h7H,3-6,8H2,1-2H3,(H2,12,13). The minimum atomic E-state index is -3.80. The van der Waals surface area contributed by atoms with E-state index in [2.05, 4.69) is 5.10 Å². The van der Waals surface area contributed by atoms with Gasteiger partial charge in [0.1, 0.15) is 4.90 Å². The predicted molar refractivity (Wildman–Crippen MR) is 73.3 cm³/mol. The number of nitrogen functional groups attached to an aromatic ring is 1. The third-order valence-corrected chi connectivity index (χ3v) is 5.15. The lowest BCUT2D eigenvalue weighted by Crippen LogP contribution is -2.39. The highest BCUT2D eigenvalue weighted by Gasteiger charge is 2.29. The Balaban J connectivity index is 2.13. The summed E-state index contributed by atoms with van der Waals surface area (Å²) in [4.78, 5) is 13.6. The van der Waals surface area contributed by atoms with E-state index < -0.39 is 10.0 Å². The smallest absolute Gasteiger partial charge is 0.248 e. The molecule has 0 saturated carbocycles. The van der Waals surface area contributed by atoms with Crippen molar-refractivity contribution < 1.29 is 13.2 Å². The number of carbonyl (C=O) groups is 1. The van der Waals surface area contributed by atoms with Crippen molar-refractivity contribution in [1.82, 2.24) is 19.0 Å². The molecule has 1 aliphatic rings. The second-order valence-electron chi connectivity index (χ2n) is 4.90. The Labute approximate surface area is 118 Å². The molecule has 2 N–H and O–H groups in total. The topological polar surface area (TPSA) is 102 Å². The fourth-order valence-electron chi connectivity index (χ4n) is 2.19. The molecule has 1 aromatic rings. The highest BCUT2D eigenvalue weighted by Crippen LogP contribution is 2.20. The van der Waals surface area contributed by atoms with Gasteiger partial charge in [0, 0.05) is 33.4 Å². The van der Waals surface area contributed by atoms with Gasteiger partial charge >= 0.3 is 0 Å². The minimum Gasteiger partial charge on any atom is -0.381 e. The van der Waals surface area contributed by atoms with Crippen molar-refractivity contribution in [1.29, 1.82) is 0 Å². The molecule has 1 aliphatic heterocycles. The van der Waals surface area contributed by atoms with Gasteiger partial charge in [-0.15, -0.1) is 0 Å². The highest BCUT2D eigenvalue weighted by molar-refractivity contribution is 7.89. The molecule has 2 rings (SSSR count). The van der Waals surface area contributed by atoms with Gasteiger partial charge < -0.3 is 10.6 Å². The summed E-state index contributed by atoms with van der Waals surface area (Å²) in [6.07, 6.45) is 3.27. The van der Waals surface area contributed by atoms with Crippen molar-refractivity contribution in [2.24, 2.45) is 7.05 Å². The third kappa shape index (κ3) is 2.78. The van der Waals surface area contributed by atoms with Crippen molar-refractivity contribution in [3.05, 3.63) is 6.20 Å². The van der Waals surface area contributed by atoms with Crippen molar-refractivity contribution >= 4 is 21.7 Å². The number of likely N-dealkylation sites (N-methyl/N-ethyl adjacent to an activating group) is 1.